The number of amides is 2. The minimum atomic E-state index is 0.0181. The lowest BCUT2D eigenvalue weighted by molar-refractivity contribution is -0.122. The highest BCUT2D eigenvalue weighted by Crippen LogP contribution is 2.25. The van der Waals surface area contributed by atoms with Gasteiger partial charge in [0.2, 0.25) is 5.91 Å². The average molecular weight is 469 g/mol. The molecule has 180 valence electrons. The summed E-state index contributed by atoms with van der Waals surface area (Å²) in [5.74, 6) is 0.0817. The van der Waals surface area contributed by atoms with Crippen LogP contribution in [-0.2, 0) is 24.3 Å². The third-order valence-corrected chi connectivity index (χ3v) is 6.97. The highest BCUT2D eigenvalue weighted by Gasteiger charge is 2.24. The fourth-order valence-electron chi connectivity index (χ4n) is 4.88. The molecule has 6 nitrogen and oxygen atoms in total. The van der Waals surface area contributed by atoms with Crippen molar-refractivity contribution in [3.05, 3.63) is 101 Å². The van der Waals surface area contributed by atoms with Gasteiger partial charge in [-0.3, -0.25) is 14.5 Å². The molecule has 0 spiro atoms. The number of hydrogen-bond acceptors (Lipinski definition) is 4. The fraction of sp³-hybridized carbons (Fsp3) is 0.310. The summed E-state index contributed by atoms with van der Waals surface area (Å²) >= 11 is 0. The Morgan fingerprint density at radius 1 is 0.743 bits per heavy atom. The minimum Gasteiger partial charge on any atom is -0.367 e. The summed E-state index contributed by atoms with van der Waals surface area (Å²) in [7, 11) is 0. The molecule has 0 saturated carbocycles. The number of nitrogens with zero attached hydrogens (tertiary/aromatic N) is 3. The largest absolute Gasteiger partial charge is 0.367 e. The van der Waals surface area contributed by atoms with Crippen LogP contribution in [0.1, 0.15) is 27.0 Å². The lowest BCUT2D eigenvalue weighted by Crippen LogP contribution is -2.51. The van der Waals surface area contributed by atoms with Crippen LogP contribution in [0.25, 0.3) is 0 Å². The van der Waals surface area contributed by atoms with Gasteiger partial charge in [0.1, 0.15) is 0 Å². The van der Waals surface area contributed by atoms with Gasteiger partial charge in [0.15, 0.2) is 0 Å². The van der Waals surface area contributed by atoms with Crippen LogP contribution in [0.3, 0.4) is 0 Å². The molecule has 1 N–H and O–H groups in total. The predicted molar refractivity (Wildman–Crippen MR) is 138 cm³/mol. The molecule has 1 fully saturated rings. The van der Waals surface area contributed by atoms with Crippen molar-refractivity contribution in [1.29, 1.82) is 0 Å². The molecule has 0 aromatic heterocycles. The third kappa shape index (κ3) is 5.72. The summed E-state index contributed by atoms with van der Waals surface area (Å²) in [6, 6.07) is 26.6. The first-order valence-electron chi connectivity index (χ1n) is 12.4. The molecule has 1 saturated heterocycles. The van der Waals surface area contributed by atoms with Gasteiger partial charge in [-0.1, -0.05) is 54.6 Å². The molecular formula is C29H32N4O2. The molecular weight excluding hydrogens is 436 g/mol. The molecule has 2 heterocycles. The molecule has 2 aliphatic heterocycles. The molecule has 35 heavy (non-hydrogen) atoms. The Bertz CT molecular complexity index is 1150. The van der Waals surface area contributed by atoms with E-state index in [9.17, 15) is 9.59 Å². The number of rotatable bonds is 6. The molecule has 0 unspecified atom stereocenters. The monoisotopic (exact) mass is 468 g/mol. The molecule has 0 aliphatic carbocycles. The highest BCUT2D eigenvalue weighted by atomic mass is 16.2. The number of benzene rings is 3. The van der Waals surface area contributed by atoms with Crippen molar-refractivity contribution in [2.75, 3.05) is 44.2 Å². The lowest BCUT2D eigenvalue weighted by Gasteiger charge is -2.34. The predicted octanol–water partition coefficient (Wildman–Crippen LogP) is 3.32. The van der Waals surface area contributed by atoms with E-state index in [2.05, 4.69) is 51.5 Å². The van der Waals surface area contributed by atoms with Crippen LogP contribution in [0.5, 0.6) is 0 Å². The topological polar surface area (TPSA) is 55.9 Å². The van der Waals surface area contributed by atoms with E-state index in [1.165, 1.54) is 11.1 Å². The summed E-state index contributed by atoms with van der Waals surface area (Å²) in [4.78, 5) is 31.7. The smallest absolute Gasteiger partial charge is 0.253 e. The van der Waals surface area contributed by atoms with Crippen molar-refractivity contribution in [2.45, 2.75) is 19.5 Å². The van der Waals surface area contributed by atoms with Crippen molar-refractivity contribution >= 4 is 17.5 Å². The summed E-state index contributed by atoms with van der Waals surface area (Å²) in [5.41, 5.74) is 5.78. The second kappa shape index (κ2) is 10.7. The van der Waals surface area contributed by atoms with E-state index in [0.29, 0.717) is 39.3 Å². The van der Waals surface area contributed by atoms with Crippen LogP contribution in [0, 0.1) is 0 Å². The Kier molecular flexibility index (Phi) is 7.09. The summed E-state index contributed by atoms with van der Waals surface area (Å²) in [6.07, 6.45) is 1.05. The van der Waals surface area contributed by atoms with Gasteiger partial charge in [-0.25, -0.2) is 0 Å². The van der Waals surface area contributed by atoms with Gasteiger partial charge in [0.05, 0.1) is 6.54 Å². The standard InChI is InChI=1S/C29H32N4O2/c34-28(30-20-23-6-2-1-3-7-23)22-31-16-18-32(19-17-31)29(35)25-10-12-27(13-11-25)33-15-14-24-8-4-5-9-26(24)21-33/h1-13H,14-22H2,(H,30,34). The average Bonchev–Trinajstić information content (AvgIpc) is 2.92. The van der Waals surface area contributed by atoms with Gasteiger partial charge in [-0.2, -0.15) is 0 Å². The van der Waals surface area contributed by atoms with Crippen LogP contribution in [0.2, 0.25) is 0 Å². The molecule has 2 aliphatic rings. The van der Waals surface area contributed by atoms with Crippen molar-refractivity contribution in [1.82, 2.24) is 15.1 Å². The maximum Gasteiger partial charge on any atom is 0.253 e. The number of carbonyl (C=O) groups excluding carboxylic acids is 2. The lowest BCUT2D eigenvalue weighted by atomic mass is 9.99. The van der Waals surface area contributed by atoms with Gasteiger partial charge in [-0.05, 0) is 47.4 Å². The van der Waals surface area contributed by atoms with Crippen LogP contribution in [-0.4, -0.2) is 60.9 Å². The summed E-state index contributed by atoms with van der Waals surface area (Å²) in [5, 5.41) is 2.98. The maximum absolute atomic E-state index is 13.1. The number of anilines is 1. The van der Waals surface area contributed by atoms with Crippen molar-refractivity contribution in [2.24, 2.45) is 0 Å². The van der Waals surface area contributed by atoms with Crippen molar-refractivity contribution in [3.63, 3.8) is 0 Å². The Morgan fingerprint density at radius 3 is 2.17 bits per heavy atom. The van der Waals surface area contributed by atoms with Crippen molar-refractivity contribution in [3.8, 4) is 0 Å². The molecule has 6 heteroatoms. The van der Waals surface area contributed by atoms with Crippen LogP contribution in [0.4, 0.5) is 5.69 Å². The quantitative estimate of drug-likeness (QED) is 0.603. The van der Waals surface area contributed by atoms with Gasteiger partial charge < -0.3 is 15.1 Å². The van der Waals surface area contributed by atoms with Gasteiger partial charge in [0.25, 0.3) is 5.91 Å². The number of nitrogens with one attached hydrogen (secondary N) is 1. The number of piperazine rings is 1. The summed E-state index contributed by atoms with van der Waals surface area (Å²) in [6.45, 7) is 5.48. The maximum atomic E-state index is 13.1. The summed E-state index contributed by atoms with van der Waals surface area (Å²) < 4.78 is 0. The van der Waals surface area contributed by atoms with E-state index in [4.69, 9.17) is 0 Å². The third-order valence-electron chi connectivity index (χ3n) is 6.97. The van der Waals surface area contributed by atoms with Gasteiger partial charge >= 0.3 is 0 Å². The Balaban J connectivity index is 1.09. The second-order valence-corrected chi connectivity index (χ2v) is 9.32. The van der Waals surface area contributed by atoms with E-state index in [1.807, 2.05) is 47.4 Å². The first kappa shape index (κ1) is 23.1. The molecule has 0 bridgehead atoms. The normalized spacial score (nSPS) is 16.0. The van der Waals surface area contributed by atoms with Crippen molar-refractivity contribution < 1.29 is 9.59 Å². The van der Waals surface area contributed by atoms with E-state index in [-0.39, 0.29) is 11.8 Å². The minimum absolute atomic E-state index is 0.0181. The fourth-order valence-corrected chi connectivity index (χ4v) is 4.88. The van der Waals surface area contributed by atoms with E-state index >= 15 is 0 Å². The molecule has 0 radical (unpaired) electrons. The first-order chi connectivity index (χ1) is 17.2. The molecule has 0 atom stereocenters. The Labute approximate surface area is 207 Å². The second-order valence-electron chi connectivity index (χ2n) is 9.32. The first-order valence-corrected chi connectivity index (χ1v) is 12.4. The van der Waals surface area contributed by atoms with E-state index in [0.717, 1.165) is 36.3 Å². The van der Waals surface area contributed by atoms with E-state index < -0.39 is 0 Å². The number of carbonyl (C=O) groups is 2. The Morgan fingerprint density at radius 2 is 1.43 bits per heavy atom. The number of hydrogen-bond donors (Lipinski definition) is 1. The van der Waals surface area contributed by atoms with Crippen LogP contribution >= 0.6 is 0 Å². The molecule has 2 amide bonds. The van der Waals surface area contributed by atoms with Crippen LogP contribution in [0.15, 0.2) is 78.9 Å². The van der Waals surface area contributed by atoms with E-state index in [1.54, 1.807) is 0 Å². The number of fused-ring (bicyclic) bond motifs is 1. The highest BCUT2D eigenvalue weighted by molar-refractivity contribution is 5.94. The SMILES string of the molecule is O=C(CN1CCN(C(=O)c2ccc(N3CCc4ccccc4C3)cc2)CC1)NCc1ccccc1. The Hall–Kier alpha value is -3.64. The van der Waals surface area contributed by atoms with Crippen LogP contribution < -0.4 is 10.2 Å². The molecule has 3 aromatic carbocycles. The molecule has 3 aromatic rings. The zero-order chi connectivity index (χ0) is 24.0. The molecule has 5 rings (SSSR count). The van der Waals surface area contributed by atoms with Gasteiger partial charge in [0, 0.05) is 57.1 Å². The zero-order valence-electron chi connectivity index (χ0n) is 20.0. The van der Waals surface area contributed by atoms with Gasteiger partial charge in [-0.15, -0.1) is 0 Å². The zero-order valence-corrected chi connectivity index (χ0v) is 20.0.